The molecule has 0 atom stereocenters. The first-order valence-electron chi connectivity index (χ1n) is 8.78. The number of aromatic nitrogens is 4. The summed E-state index contributed by atoms with van der Waals surface area (Å²) in [6.07, 6.45) is 3.29. The number of nitrogen functional groups attached to an aromatic ring is 1. The highest BCUT2D eigenvalue weighted by Crippen LogP contribution is 2.33. The molecule has 9 nitrogen and oxygen atoms in total. The minimum Gasteiger partial charge on any atom is -0.480 e. The summed E-state index contributed by atoms with van der Waals surface area (Å²) in [5.41, 5.74) is 5.63. The molecule has 4 rings (SSSR count). The number of pyridine rings is 2. The van der Waals surface area contributed by atoms with Crippen molar-refractivity contribution >= 4 is 44.3 Å². The summed E-state index contributed by atoms with van der Waals surface area (Å²) >= 11 is 5.83. The number of methoxy groups -OCH3 is 1. The van der Waals surface area contributed by atoms with Gasteiger partial charge < -0.3 is 10.5 Å². The van der Waals surface area contributed by atoms with E-state index in [9.17, 15) is 12.8 Å². The van der Waals surface area contributed by atoms with Crippen LogP contribution in [0.2, 0.25) is 5.02 Å². The minimum atomic E-state index is -4.43. The molecule has 0 aliphatic rings. The Morgan fingerprint density at radius 1 is 1.09 bits per heavy atom. The predicted octanol–water partition coefficient (Wildman–Crippen LogP) is 3.41. The molecule has 0 radical (unpaired) electrons. The van der Waals surface area contributed by atoms with Crippen LogP contribution >= 0.6 is 11.6 Å². The number of hydrogen-bond acceptors (Lipinski definition) is 8. The SMILES string of the molecule is COc1ncc(Cl)cc1S(=O)(=O)Nc1ncc(F)c(-c2ccc3nc(N)ncc3c2)c1F. The van der Waals surface area contributed by atoms with E-state index in [1.165, 1.54) is 37.7 Å². The van der Waals surface area contributed by atoms with Gasteiger partial charge in [0.05, 0.1) is 29.4 Å². The van der Waals surface area contributed by atoms with Crippen LogP contribution < -0.4 is 15.2 Å². The zero-order chi connectivity index (χ0) is 23.0. The standard InChI is InChI=1S/C19H13ClF2N6O3S/c1-31-18-14(5-11(20)7-25-18)32(29,30)28-17-16(22)15(12(21)8-24-17)9-2-3-13-10(4-9)6-26-19(23)27-13/h2-8H,1H3,(H,24,28)(H2,23,26,27). The van der Waals surface area contributed by atoms with Crippen molar-refractivity contribution in [1.82, 2.24) is 19.9 Å². The number of fused-ring (bicyclic) bond motifs is 1. The van der Waals surface area contributed by atoms with Gasteiger partial charge in [-0.3, -0.25) is 4.72 Å². The molecule has 1 aromatic carbocycles. The zero-order valence-corrected chi connectivity index (χ0v) is 17.7. The lowest BCUT2D eigenvalue weighted by Gasteiger charge is -2.13. The van der Waals surface area contributed by atoms with Gasteiger partial charge in [-0.05, 0) is 23.8 Å². The maximum Gasteiger partial charge on any atom is 0.268 e. The average molecular weight is 479 g/mol. The van der Waals surface area contributed by atoms with E-state index in [-0.39, 0.29) is 22.4 Å². The van der Waals surface area contributed by atoms with Crippen molar-refractivity contribution in [3.63, 3.8) is 0 Å². The van der Waals surface area contributed by atoms with Gasteiger partial charge in [-0.2, -0.15) is 0 Å². The van der Waals surface area contributed by atoms with E-state index in [2.05, 4.69) is 19.9 Å². The monoisotopic (exact) mass is 478 g/mol. The third-order valence-electron chi connectivity index (χ3n) is 4.36. The first kappa shape index (κ1) is 21.6. The highest BCUT2D eigenvalue weighted by atomic mass is 35.5. The van der Waals surface area contributed by atoms with Gasteiger partial charge in [0.2, 0.25) is 11.8 Å². The minimum absolute atomic E-state index is 0.0124. The molecule has 0 unspecified atom stereocenters. The van der Waals surface area contributed by atoms with Crippen molar-refractivity contribution in [1.29, 1.82) is 0 Å². The Kier molecular flexibility index (Phi) is 5.48. The number of nitrogens with two attached hydrogens (primary N) is 1. The summed E-state index contributed by atoms with van der Waals surface area (Å²) in [6.45, 7) is 0. The molecular formula is C19H13ClF2N6O3S. The quantitative estimate of drug-likeness (QED) is 0.446. The van der Waals surface area contributed by atoms with Gasteiger partial charge in [0.15, 0.2) is 22.3 Å². The van der Waals surface area contributed by atoms with E-state index in [1.807, 2.05) is 4.72 Å². The lowest BCUT2D eigenvalue weighted by molar-refractivity contribution is 0.385. The molecule has 164 valence electrons. The molecule has 4 aromatic rings. The van der Waals surface area contributed by atoms with Crippen molar-refractivity contribution in [2.45, 2.75) is 4.90 Å². The molecule has 0 fully saturated rings. The van der Waals surface area contributed by atoms with Gasteiger partial charge in [0.25, 0.3) is 10.0 Å². The first-order valence-corrected chi connectivity index (χ1v) is 10.6. The maximum absolute atomic E-state index is 15.2. The molecule has 0 bridgehead atoms. The van der Waals surface area contributed by atoms with Crippen molar-refractivity contribution < 1.29 is 21.9 Å². The Balaban J connectivity index is 1.79. The van der Waals surface area contributed by atoms with E-state index in [1.54, 1.807) is 0 Å². The molecule has 13 heteroatoms. The Morgan fingerprint density at radius 2 is 1.88 bits per heavy atom. The average Bonchev–Trinajstić information content (AvgIpc) is 2.76. The van der Waals surface area contributed by atoms with Crippen LogP contribution in [0.5, 0.6) is 5.88 Å². The van der Waals surface area contributed by atoms with Gasteiger partial charge in [-0.1, -0.05) is 17.7 Å². The first-order chi connectivity index (χ1) is 15.2. The molecule has 0 saturated heterocycles. The second-order valence-corrected chi connectivity index (χ2v) is 8.50. The summed E-state index contributed by atoms with van der Waals surface area (Å²) in [4.78, 5) is 14.8. The lowest BCUT2D eigenvalue weighted by atomic mass is 10.0. The van der Waals surface area contributed by atoms with Crippen LogP contribution in [0.4, 0.5) is 20.5 Å². The predicted molar refractivity (Wildman–Crippen MR) is 114 cm³/mol. The number of rotatable bonds is 5. The molecule has 0 saturated carbocycles. The molecule has 32 heavy (non-hydrogen) atoms. The van der Waals surface area contributed by atoms with Gasteiger partial charge in [-0.15, -0.1) is 0 Å². The summed E-state index contributed by atoms with van der Waals surface area (Å²) in [5.74, 6) is -3.16. The Bertz CT molecular complexity index is 1470. The fourth-order valence-electron chi connectivity index (χ4n) is 2.94. The van der Waals surface area contributed by atoms with Crippen LogP contribution in [0.3, 0.4) is 0 Å². The van der Waals surface area contributed by atoms with Crippen LogP contribution in [0.15, 0.2) is 47.8 Å². The number of ether oxygens (including phenoxy) is 1. The summed E-state index contributed by atoms with van der Waals surface area (Å²) in [6, 6.07) is 5.44. The number of nitrogens with one attached hydrogen (secondary N) is 1. The highest BCUT2D eigenvalue weighted by Gasteiger charge is 2.26. The number of halogens is 3. The molecular weight excluding hydrogens is 466 g/mol. The largest absolute Gasteiger partial charge is 0.480 e. The third kappa shape index (κ3) is 3.97. The number of sulfonamides is 1. The Labute approximate surface area is 185 Å². The van der Waals surface area contributed by atoms with E-state index < -0.39 is 37.9 Å². The Hall–Kier alpha value is -3.64. The number of anilines is 2. The molecule has 3 aromatic heterocycles. The van der Waals surface area contributed by atoms with Gasteiger partial charge in [0, 0.05) is 17.8 Å². The second kappa shape index (κ2) is 8.13. The van der Waals surface area contributed by atoms with Crippen molar-refractivity contribution in [2.24, 2.45) is 0 Å². The fourth-order valence-corrected chi connectivity index (χ4v) is 4.32. The summed E-state index contributed by atoms with van der Waals surface area (Å²) in [7, 11) is -3.22. The zero-order valence-electron chi connectivity index (χ0n) is 16.2. The molecule has 0 aliphatic carbocycles. The van der Waals surface area contributed by atoms with E-state index >= 15 is 4.39 Å². The second-order valence-electron chi connectivity index (χ2n) is 6.41. The normalized spacial score (nSPS) is 11.5. The van der Waals surface area contributed by atoms with Gasteiger partial charge in [-0.25, -0.2) is 37.1 Å². The smallest absolute Gasteiger partial charge is 0.268 e. The Morgan fingerprint density at radius 3 is 2.62 bits per heavy atom. The lowest BCUT2D eigenvalue weighted by Crippen LogP contribution is -2.17. The number of benzene rings is 1. The van der Waals surface area contributed by atoms with E-state index in [0.29, 0.717) is 17.1 Å². The summed E-state index contributed by atoms with van der Waals surface area (Å²) < 4.78 is 62.3. The summed E-state index contributed by atoms with van der Waals surface area (Å²) in [5, 5.41) is 0.489. The molecule has 3 heterocycles. The van der Waals surface area contributed by atoms with E-state index in [0.717, 1.165) is 6.07 Å². The van der Waals surface area contributed by atoms with Gasteiger partial charge >= 0.3 is 0 Å². The molecule has 0 spiro atoms. The topological polar surface area (TPSA) is 133 Å². The van der Waals surface area contributed by atoms with Crippen LogP contribution in [0.25, 0.3) is 22.0 Å². The number of nitrogens with zero attached hydrogens (tertiary/aromatic N) is 4. The number of hydrogen-bond donors (Lipinski definition) is 2. The third-order valence-corrected chi connectivity index (χ3v) is 5.90. The van der Waals surface area contributed by atoms with Gasteiger partial charge in [0.1, 0.15) is 0 Å². The molecule has 0 amide bonds. The van der Waals surface area contributed by atoms with Crippen molar-refractivity contribution in [3.8, 4) is 17.0 Å². The highest BCUT2D eigenvalue weighted by molar-refractivity contribution is 7.92. The molecule has 0 aliphatic heterocycles. The van der Waals surface area contributed by atoms with Crippen LogP contribution in [0.1, 0.15) is 0 Å². The van der Waals surface area contributed by atoms with E-state index in [4.69, 9.17) is 22.1 Å². The fraction of sp³-hybridized carbons (Fsp3) is 0.0526. The maximum atomic E-state index is 15.2. The van der Waals surface area contributed by atoms with Crippen LogP contribution in [0, 0.1) is 11.6 Å². The van der Waals surface area contributed by atoms with Crippen molar-refractivity contribution in [3.05, 3.63) is 59.5 Å². The van der Waals surface area contributed by atoms with Crippen molar-refractivity contribution in [2.75, 3.05) is 17.6 Å². The van der Waals surface area contributed by atoms with Crippen LogP contribution in [-0.2, 0) is 10.0 Å². The molecule has 3 N–H and O–H groups in total. The van der Waals surface area contributed by atoms with Crippen LogP contribution in [-0.4, -0.2) is 35.5 Å².